The average molecular weight is 357 g/mol. The van der Waals surface area contributed by atoms with Crippen LogP contribution in [0, 0.1) is 18.8 Å². The van der Waals surface area contributed by atoms with Gasteiger partial charge in [-0.15, -0.1) is 0 Å². The molecule has 0 aromatic carbocycles. The van der Waals surface area contributed by atoms with Gasteiger partial charge in [0, 0.05) is 31.2 Å². The summed E-state index contributed by atoms with van der Waals surface area (Å²) in [5.74, 6) is 0.938. The second-order valence-electron chi connectivity index (χ2n) is 7.20. The number of ether oxygens (including phenoxy) is 1. The second-order valence-corrected chi connectivity index (χ2v) is 7.20. The molecule has 26 heavy (non-hydrogen) atoms. The number of nitrogens with zero attached hydrogens (tertiary/aromatic N) is 5. The van der Waals surface area contributed by atoms with Crippen molar-refractivity contribution >= 4 is 11.9 Å². The van der Waals surface area contributed by atoms with Crippen LogP contribution in [-0.4, -0.2) is 57.1 Å². The van der Waals surface area contributed by atoms with Gasteiger partial charge < -0.3 is 14.7 Å². The fourth-order valence-corrected chi connectivity index (χ4v) is 4.24. The van der Waals surface area contributed by atoms with Crippen LogP contribution in [0.5, 0.6) is 0 Å². The standard InChI is InChI=1S/C18H23N5O3/c1-11-6-14(17(25)26-2)21-18(20-11)22-9-12-7-15(23-5-3-4-19-23)16(24)8-13(12)10-22/h3-6,12-13,15-16,24H,7-10H2,1-2H3/t12-,13+,15-,16-/m1/s1. The molecule has 0 amide bonds. The Morgan fingerprint density at radius 3 is 2.73 bits per heavy atom. The van der Waals surface area contributed by atoms with E-state index >= 15 is 0 Å². The zero-order valence-electron chi connectivity index (χ0n) is 14.9. The van der Waals surface area contributed by atoms with Crippen LogP contribution in [0.1, 0.15) is 35.1 Å². The minimum absolute atomic E-state index is 0.00950. The van der Waals surface area contributed by atoms with Gasteiger partial charge >= 0.3 is 5.97 Å². The molecule has 2 fully saturated rings. The van der Waals surface area contributed by atoms with Crippen LogP contribution >= 0.6 is 0 Å². The molecule has 8 heteroatoms. The van der Waals surface area contributed by atoms with Crippen LogP contribution in [-0.2, 0) is 4.74 Å². The third-order valence-electron chi connectivity index (χ3n) is 5.49. The zero-order valence-corrected chi connectivity index (χ0v) is 14.9. The lowest BCUT2D eigenvalue weighted by Crippen LogP contribution is -2.36. The van der Waals surface area contributed by atoms with Crippen molar-refractivity contribution in [1.82, 2.24) is 19.7 Å². The number of fused-ring (bicyclic) bond motifs is 1. The van der Waals surface area contributed by atoms with Crippen molar-refractivity contribution in [2.45, 2.75) is 31.9 Å². The summed E-state index contributed by atoms with van der Waals surface area (Å²) in [6.07, 6.45) is 4.86. The number of rotatable bonds is 3. The molecule has 2 aliphatic rings. The van der Waals surface area contributed by atoms with Gasteiger partial charge in [0.1, 0.15) is 0 Å². The van der Waals surface area contributed by atoms with E-state index in [4.69, 9.17) is 4.74 Å². The quantitative estimate of drug-likeness (QED) is 0.826. The number of hydrogen-bond acceptors (Lipinski definition) is 7. The predicted molar refractivity (Wildman–Crippen MR) is 93.8 cm³/mol. The molecule has 1 aliphatic heterocycles. The normalized spacial score (nSPS) is 28.0. The SMILES string of the molecule is COC(=O)c1cc(C)nc(N2C[C@H]3C[C@@H](n4cccn4)[C@H](O)C[C@H]3C2)n1. The van der Waals surface area contributed by atoms with E-state index in [2.05, 4.69) is 20.0 Å². The van der Waals surface area contributed by atoms with Gasteiger partial charge in [-0.25, -0.2) is 14.8 Å². The smallest absolute Gasteiger partial charge is 0.356 e. The minimum Gasteiger partial charge on any atom is -0.464 e. The number of aliphatic hydroxyl groups excluding tert-OH is 1. The van der Waals surface area contributed by atoms with Crippen LogP contribution in [0.25, 0.3) is 0 Å². The molecule has 0 spiro atoms. The molecule has 8 nitrogen and oxygen atoms in total. The Kier molecular flexibility index (Phi) is 4.36. The summed E-state index contributed by atoms with van der Waals surface area (Å²) in [6, 6.07) is 3.53. The maximum absolute atomic E-state index is 11.8. The topological polar surface area (TPSA) is 93.4 Å². The van der Waals surface area contributed by atoms with E-state index in [0.717, 1.165) is 31.6 Å². The van der Waals surface area contributed by atoms with Gasteiger partial charge in [-0.05, 0) is 43.7 Å². The van der Waals surface area contributed by atoms with Gasteiger partial charge in [0.15, 0.2) is 5.69 Å². The predicted octanol–water partition coefficient (Wildman–Crippen LogP) is 1.22. The molecule has 0 bridgehead atoms. The lowest BCUT2D eigenvalue weighted by Gasteiger charge is -2.35. The molecule has 4 rings (SSSR count). The maximum atomic E-state index is 11.8. The first-order valence-corrected chi connectivity index (χ1v) is 8.91. The van der Waals surface area contributed by atoms with Crippen molar-refractivity contribution in [2.24, 2.45) is 11.8 Å². The van der Waals surface area contributed by atoms with Crippen molar-refractivity contribution < 1.29 is 14.6 Å². The molecule has 4 atom stereocenters. The first-order chi connectivity index (χ1) is 12.5. The molecule has 0 unspecified atom stereocenters. The number of aromatic nitrogens is 4. The van der Waals surface area contributed by atoms with Gasteiger partial charge in [-0.3, -0.25) is 4.68 Å². The summed E-state index contributed by atoms with van der Waals surface area (Å²) in [5, 5.41) is 14.9. The summed E-state index contributed by atoms with van der Waals surface area (Å²) in [4.78, 5) is 22.8. The van der Waals surface area contributed by atoms with E-state index in [1.807, 2.05) is 23.9 Å². The van der Waals surface area contributed by atoms with Crippen molar-refractivity contribution in [3.8, 4) is 0 Å². The highest BCUT2D eigenvalue weighted by atomic mass is 16.5. The van der Waals surface area contributed by atoms with Crippen molar-refractivity contribution in [3.05, 3.63) is 35.9 Å². The number of aryl methyl sites for hydroxylation is 1. The number of anilines is 1. The number of aliphatic hydroxyl groups is 1. The Morgan fingerprint density at radius 1 is 1.27 bits per heavy atom. The number of methoxy groups -OCH3 is 1. The summed E-state index contributed by atoms with van der Waals surface area (Å²) in [6.45, 7) is 3.45. The molecule has 0 radical (unpaired) electrons. The van der Waals surface area contributed by atoms with E-state index in [1.165, 1.54) is 7.11 Å². The molecule has 2 aromatic heterocycles. The summed E-state index contributed by atoms with van der Waals surface area (Å²) in [7, 11) is 1.35. The Balaban J connectivity index is 1.54. The molecular weight excluding hydrogens is 334 g/mol. The first kappa shape index (κ1) is 17.0. The molecule has 1 aliphatic carbocycles. The highest BCUT2D eigenvalue weighted by Crippen LogP contribution is 2.41. The highest BCUT2D eigenvalue weighted by Gasteiger charge is 2.43. The van der Waals surface area contributed by atoms with E-state index < -0.39 is 12.1 Å². The van der Waals surface area contributed by atoms with Crippen LogP contribution in [0.15, 0.2) is 24.5 Å². The minimum atomic E-state index is -0.456. The van der Waals surface area contributed by atoms with Gasteiger partial charge in [0.25, 0.3) is 0 Å². The number of carbonyl (C=O) groups is 1. The Hall–Kier alpha value is -2.48. The third-order valence-corrected chi connectivity index (χ3v) is 5.49. The fraction of sp³-hybridized carbons (Fsp3) is 0.556. The van der Waals surface area contributed by atoms with E-state index in [0.29, 0.717) is 17.8 Å². The van der Waals surface area contributed by atoms with E-state index in [-0.39, 0.29) is 11.7 Å². The van der Waals surface area contributed by atoms with Gasteiger partial charge in [0.05, 0.1) is 19.3 Å². The lowest BCUT2D eigenvalue weighted by molar-refractivity contribution is 0.0306. The van der Waals surface area contributed by atoms with Gasteiger partial charge in [0.2, 0.25) is 5.95 Å². The largest absolute Gasteiger partial charge is 0.464 e. The molecule has 1 saturated heterocycles. The lowest BCUT2D eigenvalue weighted by atomic mass is 9.77. The highest BCUT2D eigenvalue weighted by molar-refractivity contribution is 5.87. The summed E-state index contributed by atoms with van der Waals surface area (Å²) in [5.41, 5.74) is 1.01. The fourth-order valence-electron chi connectivity index (χ4n) is 4.24. The molecular formula is C18H23N5O3. The monoisotopic (exact) mass is 357 g/mol. The maximum Gasteiger partial charge on any atom is 0.356 e. The average Bonchev–Trinajstić information content (AvgIpc) is 3.29. The van der Waals surface area contributed by atoms with Crippen molar-refractivity contribution in [2.75, 3.05) is 25.1 Å². The van der Waals surface area contributed by atoms with E-state index in [9.17, 15) is 9.90 Å². The van der Waals surface area contributed by atoms with Crippen molar-refractivity contribution in [1.29, 1.82) is 0 Å². The van der Waals surface area contributed by atoms with Crippen LogP contribution in [0.4, 0.5) is 5.95 Å². The van der Waals surface area contributed by atoms with Gasteiger partial charge in [-0.1, -0.05) is 0 Å². The Morgan fingerprint density at radius 2 is 2.04 bits per heavy atom. The van der Waals surface area contributed by atoms with E-state index in [1.54, 1.807) is 12.3 Å². The Bertz CT molecular complexity index is 794. The summed E-state index contributed by atoms with van der Waals surface area (Å²) < 4.78 is 6.65. The Labute approximate surface area is 151 Å². The zero-order chi connectivity index (χ0) is 18.3. The first-order valence-electron chi connectivity index (χ1n) is 8.91. The number of hydrogen-bond donors (Lipinski definition) is 1. The second kappa shape index (κ2) is 6.68. The van der Waals surface area contributed by atoms with Gasteiger partial charge in [-0.2, -0.15) is 5.10 Å². The molecule has 2 aromatic rings. The molecule has 3 heterocycles. The van der Waals surface area contributed by atoms with Crippen LogP contribution in [0.2, 0.25) is 0 Å². The number of esters is 1. The van der Waals surface area contributed by atoms with Crippen LogP contribution < -0.4 is 4.90 Å². The molecule has 138 valence electrons. The summed E-state index contributed by atoms with van der Waals surface area (Å²) >= 11 is 0. The third kappa shape index (κ3) is 3.05. The molecule has 1 N–H and O–H groups in total. The van der Waals surface area contributed by atoms with Crippen LogP contribution in [0.3, 0.4) is 0 Å². The van der Waals surface area contributed by atoms with Crippen molar-refractivity contribution in [3.63, 3.8) is 0 Å². The number of carbonyl (C=O) groups excluding carboxylic acids is 1. The molecule has 1 saturated carbocycles.